The minimum atomic E-state index is 0.0355. The molecule has 1 fully saturated rings. The van der Waals surface area contributed by atoms with Gasteiger partial charge in [-0.15, -0.1) is 0 Å². The van der Waals surface area contributed by atoms with Gasteiger partial charge in [0, 0.05) is 50.8 Å². The highest BCUT2D eigenvalue weighted by Crippen LogP contribution is 2.23. The molecule has 0 atom stereocenters. The fraction of sp³-hybridized carbons (Fsp3) is 0.440. The van der Waals surface area contributed by atoms with E-state index in [1.165, 1.54) is 11.1 Å². The fourth-order valence-corrected chi connectivity index (χ4v) is 4.92. The van der Waals surface area contributed by atoms with E-state index in [-0.39, 0.29) is 11.9 Å². The topological polar surface area (TPSA) is 61.5 Å². The number of rotatable bonds is 6. The number of aromatic nitrogens is 2. The van der Waals surface area contributed by atoms with Crippen molar-refractivity contribution >= 4 is 16.8 Å². The summed E-state index contributed by atoms with van der Waals surface area (Å²) in [5.41, 5.74) is 4.36. The van der Waals surface area contributed by atoms with Gasteiger partial charge in [0.15, 0.2) is 5.69 Å². The van der Waals surface area contributed by atoms with Crippen LogP contribution in [0, 0.1) is 0 Å². The SMILES string of the molecule is O=C(c1n[nH]c2ccccc12)N(CCCN1CCc2ccccc2C1)C1CCOCC1. The van der Waals surface area contributed by atoms with E-state index in [9.17, 15) is 4.79 Å². The summed E-state index contributed by atoms with van der Waals surface area (Å²) in [7, 11) is 0. The zero-order valence-corrected chi connectivity index (χ0v) is 17.9. The molecule has 1 aromatic heterocycles. The van der Waals surface area contributed by atoms with Gasteiger partial charge in [-0.3, -0.25) is 14.8 Å². The van der Waals surface area contributed by atoms with Gasteiger partial charge >= 0.3 is 0 Å². The molecule has 162 valence electrons. The predicted octanol–water partition coefficient (Wildman–Crippen LogP) is 3.63. The Balaban J connectivity index is 1.27. The van der Waals surface area contributed by atoms with Crippen LogP contribution in [0.1, 0.15) is 40.9 Å². The van der Waals surface area contributed by atoms with Crippen LogP contribution in [0.3, 0.4) is 0 Å². The van der Waals surface area contributed by atoms with Gasteiger partial charge in [0.1, 0.15) is 0 Å². The Labute approximate surface area is 183 Å². The van der Waals surface area contributed by atoms with Gasteiger partial charge in [-0.2, -0.15) is 5.10 Å². The first-order chi connectivity index (χ1) is 15.3. The van der Waals surface area contributed by atoms with E-state index >= 15 is 0 Å². The van der Waals surface area contributed by atoms with Crippen molar-refractivity contribution in [3.63, 3.8) is 0 Å². The van der Waals surface area contributed by atoms with Crippen molar-refractivity contribution < 1.29 is 9.53 Å². The van der Waals surface area contributed by atoms with Crippen LogP contribution >= 0.6 is 0 Å². The third-order valence-electron chi connectivity index (χ3n) is 6.65. The maximum Gasteiger partial charge on any atom is 0.275 e. The molecule has 2 aliphatic heterocycles. The molecule has 0 aliphatic carbocycles. The van der Waals surface area contributed by atoms with E-state index in [1.54, 1.807) is 0 Å². The smallest absolute Gasteiger partial charge is 0.275 e. The summed E-state index contributed by atoms with van der Waals surface area (Å²) in [6.45, 7) is 5.29. The summed E-state index contributed by atoms with van der Waals surface area (Å²) < 4.78 is 5.56. The molecule has 5 rings (SSSR count). The van der Waals surface area contributed by atoms with Crippen LogP contribution in [0.4, 0.5) is 0 Å². The summed E-state index contributed by atoms with van der Waals surface area (Å²) in [6.07, 6.45) is 3.86. The van der Waals surface area contributed by atoms with Crippen molar-refractivity contribution in [3.05, 3.63) is 65.4 Å². The van der Waals surface area contributed by atoms with E-state index in [4.69, 9.17) is 4.74 Å². The van der Waals surface area contributed by atoms with Crippen molar-refractivity contribution in [1.82, 2.24) is 20.0 Å². The first-order valence-electron chi connectivity index (χ1n) is 11.4. The summed E-state index contributed by atoms with van der Waals surface area (Å²) in [5.74, 6) is 0.0355. The van der Waals surface area contributed by atoms with E-state index in [0.717, 1.165) is 76.0 Å². The molecule has 6 nitrogen and oxygen atoms in total. The van der Waals surface area contributed by atoms with Gasteiger partial charge in [0.25, 0.3) is 5.91 Å². The molecule has 3 aromatic rings. The quantitative estimate of drug-likeness (QED) is 0.664. The Bertz CT molecular complexity index is 1040. The highest BCUT2D eigenvalue weighted by molar-refractivity contribution is 6.04. The third-order valence-corrected chi connectivity index (χ3v) is 6.65. The Morgan fingerprint density at radius 1 is 1.10 bits per heavy atom. The van der Waals surface area contributed by atoms with E-state index < -0.39 is 0 Å². The molecule has 0 saturated carbocycles. The second kappa shape index (κ2) is 9.20. The van der Waals surface area contributed by atoms with Crippen molar-refractivity contribution in [2.24, 2.45) is 0 Å². The standard InChI is InChI=1S/C25H30N4O2/c30-25(24-22-8-3-4-9-23(22)26-27-24)29(21-11-16-31-17-12-21)14-5-13-28-15-10-19-6-1-2-7-20(19)18-28/h1-4,6-9,21H,5,10-18H2,(H,26,27). The van der Waals surface area contributed by atoms with Crippen LogP contribution in [0.2, 0.25) is 0 Å². The predicted molar refractivity (Wildman–Crippen MR) is 121 cm³/mol. The second-order valence-corrected chi connectivity index (χ2v) is 8.61. The summed E-state index contributed by atoms with van der Waals surface area (Å²) in [6, 6.07) is 16.8. The number of hydrogen-bond acceptors (Lipinski definition) is 4. The van der Waals surface area contributed by atoms with Gasteiger partial charge in [-0.1, -0.05) is 42.5 Å². The average molecular weight is 419 g/mol. The molecule has 0 unspecified atom stereocenters. The van der Waals surface area contributed by atoms with Crippen LogP contribution in [-0.4, -0.2) is 64.8 Å². The summed E-state index contributed by atoms with van der Waals surface area (Å²) in [4.78, 5) is 18.1. The molecule has 3 heterocycles. The van der Waals surface area contributed by atoms with Gasteiger partial charge in [0.2, 0.25) is 0 Å². The average Bonchev–Trinajstić information content (AvgIpc) is 3.26. The number of para-hydroxylation sites is 1. The number of benzene rings is 2. The number of nitrogens with zero attached hydrogens (tertiary/aromatic N) is 3. The normalized spacial score (nSPS) is 17.5. The molecule has 2 aliphatic rings. The van der Waals surface area contributed by atoms with E-state index in [0.29, 0.717) is 5.69 Å². The minimum Gasteiger partial charge on any atom is -0.381 e. The first-order valence-corrected chi connectivity index (χ1v) is 11.4. The molecule has 1 saturated heterocycles. The Morgan fingerprint density at radius 3 is 2.74 bits per heavy atom. The van der Waals surface area contributed by atoms with E-state index in [2.05, 4.69) is 44.3 Å². The second-order valence-electron chi connectivity index (χ2n) is 8.61. The number of aromatic amines is 1. The largest absolute Gasteiger partial charge is 0.381 e. The third kappa shape index (κ3) is 4.36. The zero-order valence-electron chi connectivity index (χ0n) is 17.9. The molecule has 6 heteroatoms. The number of carbonyl (C=O) groups excluding carboxylic acids is 1. The lowest BCUT2D eigenvalue weighted by Gasteiger charge is -2.35. The lowest BCUT2D eigenvalue weighted by molar-refractivity contribution is 0.0276. The van der Waals surface area contributed by atoms with Crippen LogP contribution < -0.4 is 0 Å². The number of hydrogen-bond donors (Lipinski definition) is 1. The highest BCUT2D eigenvalue weighted by Gasteiger charge is 2.29. The molecule has 2 aromatic carbocycles. The van der Waals surface area contributed by atoms with Gasteiger partial charge < -0.3 is 9.64 Å². The Hall–Kier alpha value is -2.70. The molecule has 0 bridgehead atoms. The number of fused-ring (bicyclic) bond motifs is 2. The molecular formula is C25H30N4O2. The molecule has 0 radical (unpaired) electrons. The van der Waals surface area contributed by atoms with Gasteiger partial charge in [0.05, 0.1) is 5.52 Å². The van der Waals surface area contributed by atoms with E-state index in [1.807, 2.05) is 24.3 Å². The minimum absolute atomic E-state index is 0.0355. The fourth-order valence-electron chi connectivity index (χ4n) is 4.92. The van der Waals surface area contributed by atoms with Gasteiger partial charge in [-0.25, -0.2) is 0 Å². The highest BCUT2D eigenvalue weighted by atomic mass is 16.5. The maximum absolute atomic E-state index is 13.6. The first kappa shape index (κ1) is 20.2. The van der Waals surface area contributed by atoms with Crippen molar-refractivity contribution in [1.29, 1.82) is 0 Å². The summed E-state index contributed by atoms with van der Waals surface area (Å²) in [5, 5.41) is 8.29. The van der Waals surface area contributed by atoms with Crippen LogP contribution in [0.25, 0.3) is 10.9 Å². The van der Waals surface area contributed by atoms with Crippen LogP contribution in [-0.2, 0) is 17.7 Å². The lowest BCUT2D eigenvalue weighted by Crippen LogP contribution is -2.45. The number of H-pyrrole nitrogens is 1. The monoisotopic (exact) mass is 418 g/mol. The van der Waals surface area contributed by atoms with Crippen molar-refractivity contribution in [2.45, 2.75) is 38.3 Å². The number of nitrogens with one attached hydrogen (secondary N) is 1. The van der Waals surface area contributed by atoms with Gasteiger partial charge in [-0.05, 0) is 42.9 Å². The van der Waals surface area contributed by atoms with Crippen LogP contribution in [0.5, 0.6) is 0 Å². The molecule has 31 heavy (non-hydrogen) atoms. The number of ether oxygens (including phenoxy) is 1. The zero-order chi connectivity index (χ0) is 21.0. The Kier molecular flexibility index (Phi) is 6.00. The maximum atomic E-state index is 13.6. The van der Waals surface area contributed by atoms with Crippen molar-refractivity contribution in [2.75, 3.05) is 32.8 Å². The lowest BCUT2D eigenvalue weighted by atomic mass is 10.00. The summed E-state index contributed by atoms with van der Waals surface area (Å²) >= 11 is 0. The van der Waals surface area contributed by atoms with Crippen LogP contribution in [0.15, 0.2) is 48.5 Å². The number of carbonyl (C=O) groups is 1. The van der Waals surface area contributed by atoms with Crippen molar-refractivity contribution in [3.8, 4) is 0 Å². The molecule has 0 spiro atoms. The molecule has 1 amide bonds. The molecule has 1 N–H and O–H groups in total. The number of amides is 1. The molecular weight excluding hydrogens is 388 g/mol. The Morgan fingerprint density at radius 2 is 1.87 bits per heavy atom.